The lowest BCUT2D eigenvalue weighted by Gasteiger charge is -2.06. The molecule has 0 bridgehead atoms. The van der Waals surface area contributed by atoms with Crippen LogP contribution in [0.4, 0.5) is 11.4 Å². The molecule has 0 aromatic heterocycles. The lowest BCUT2D eigenvalue weighted by Crippen LogP contribution is -2.01. The maximum Gasteiger partial charge on any atom is 0.187 e. The molecule has 1 atom stereocenters. The zero-order valence-electron chi connectivity index (χ0n) is 12.0. The molecule has 4 nitrogen and oxygen atoms in total. The van der Waals surface area contributed by atoms with Gasteiger partial charge in [0.15, 0.2) is 11.4 Å². The van der Waals surface area contributed by atoms with E-state index in [4.69, 9.17) is 23.4 Å². The largest absolute Gasteiger partial charge is 0.393 e. The van der Waals surface area contributed by atoms with Gasteiger partial charge >= 0.3 is 0 Å². The number of rotatable bonds is 3. The first kappa shape index (κ1) is 17.1. The molecule has 2 aromatic carbocycles. The van der Waals surface area contributed by atoms with Crippen molar-refractivity contribution in [3.05, 3.63) is 89.1 Å². The molecule has 0 unspecified atom stereocenters. The molecule has 2 aromatic rings. The summed E-state index contributed by atoms with van der Waals surface area (Å²) in [5.41, 5.74) is 2.88. The van der Waals surface area contributed by atoms with Crippen LogP contribution in [0.3, 0.4) is 0 Å². The molecule has 0 saturated heterocycles. The second kappa shape index (κ2) is 9.10. The molecule has 0 spiro atoms. The SMILES string of the molecule is [C-]#[N+]c1ccc(C=C)cc1.[C-]#[N+]c1ccc([C@H](O)CO)cc1. The molecule has 0 aliphatic heterocycles. The number of hydrogen-bond donors (Lipinski definition) is 2. The van der Waals surface area contributed by atoms with Crippen LogP contribution in [0.25, 0.3) is 15.8 Å². The molecule has 0 saturated carbocycles. The minimum atomic E-state index is -0.843. The van der Waals surface area contributed by atoms with E-state index in [9.17, 15) is 0 Å². The quantitative estimate of drug-likeness (QED) is 0.835. The molecule has 2 N–H and O–H groups in total. The van der Waals surface area contributed by atoms with Crippen LogP contribution in [-0.2, 0) is 0 Å². The minimum absolute atomic E-state index is 0.294. The maximum atomic E-state index is 9.17. The Morgan fingerprint density at radius 2 is 1.41 bits per heavy atom. The first-order chi connectivity index (χ1) is 10.6. The van der Waals surface area contributed by atoms with Crippen LogP contribution in [-0.4, -0.2) is 16.8 Å². The maximum absolute atomic E-state index is 9.17. The van der Waals surface area contributed by atoms with Crippen molar-refractivity contribution >= 4 is 17.5 Å². The van der Waals surface area contributed by atoms with Crippen LogP contribution in [0.1, 0.15) is 17.2 Å². The van der Waals surface area contributed by atoms with Crippen LogP contribution >= 0.6 is 0 Å². The lowest BCUT2D eigenvalue weighted by atomic mass is 10.1. The second-order valence-electron chi connectivity index (χ2n) is 4.31. The average Bonchev–Trinajstić information content (AvgIpc) is 2.61. The molecule has 0 radical (unpaired) electrons. The van der Waals surface area contributed by atoms with E-state index in [0.717, 1.165) is 5.56 Å². The van der Waals surface area contributed by atoms with Crippen molar-refractivity contribution in [2.75, 3.05) is 6.61 Å². The third-order valence-electron chi connectivity index (χ3n) is 2.84. The van der Waals surface area contributed by atoms with Gasteiger partial charge in [0.2, 0.25) is 0 Å². The van der Waals surface area contributed by atoms with Gasteiger partial charge in [0.1, 0.15) is 6.10 Å². The van der Waals surface area contributed by atoms with E-state index in [1.807, 2.05) is 12.1 Å². The number of benzene rings is 2. The number of aliphatic hydroxyl groups excluding tert-OH is 2. The molecule has 0 heterocycles. The molecule has 0 aliphatic rings. The van der Waals surface area contributed by atoms with Crippen LogP contribution in [0.2, 0.25) is 0 Å². The van der Waals surface area contributed by atoms with Gasteiger partial charge in [-0.1, -0.05) is 61.2 Å². The fourth-order valence-electron chi connectivity index (χ4n) is 1.56. The molecule has 0 aliphatic carbocycles. The van der Waals surface area contributed by atoms with Gasteiger partial charge in [0.25, 0.3) is 0 Å². The highest BCUT2D eigenvalue weighted by molar-refractivity contribution is 5.53. The highest BCUT2D eigenvalue weighted by atomic mass is 16.3. The highest BCUT2D eigenvalue weighted by Gasteiger charge is 2.04. The summed E-state index contributed by atoms with van der Waals surface area (Å²) in [6, 6.07) is 13.8. The van der Waals surface area contributed by atoms with Gasteiger partial charge in [-0.3, -0.25) is 0 Å². The Hall–Kier alpha value is -2.92. The van der Waals surface area contributed by atoms with Crippen molar-refractivity contribution < 1.29 is 10.2 Å². The smallest absolute Gasteiger partial charge is 0.187 e. The first-order valence-corrected chi connectivity index (χ1v) is 6.51. The Morgan fingerprint density at radius 1 is 0.955 bits per heavy atom. The predicted molar refractivity (Wildman–Crippen MR) is 87.5 cm³/mol. The van der Waals surface area contributed by atoms with Gasteiger partial charge in [0.05, 0.1) is 19.8 Å². The first-order valence-electron chi connectivity index (χ1n) is 6.51. The molecule has 0 amide bonds. The van der Waals surface area contributed by atoms with E-state index in [1.165, 1.54) is 0 Å². The Labute approximate surface area is 130 Å². The summed E-state index contributed by atoms with van der Waals surface area (Å²) >= 11 is 0. The van der Waals surface area contributed by atoms with Gasteiger partial charge in [-0.2, -0.15) is 0 Å². The Bertz CT molecular complexity index is 677. The molecular weight excluding hydrogens is 276 g/mol. The molecule has 0 fully saturated rings. The summed E-state index contributed by atoms with van der Waals surface area (Å²) in [5, 5.41) is 17.8. The zero-order chi connectivity index (χ0) is 16.4. The van der Waals surface area contributed by atoms with E-state index < -0.39 is 6.10 Å². The normalized spacial score (nSPS) is 10.4. The van der Waals surface area contributed by atoms with Gasteiger partial charge in [0, 0.05) is 0 Å². The van der Waals surface area contributed by atoms with Gasteiger partial charge in [-0.15, -0.1) is 0 Å². The van der Waals surface area contributed by atoms with Crippen LogP contribution < -0.4 is 0 Å². The van der Waals surface area contributed by atoms with Gasteiger partial charge < -0.3 is 10.2 Å². The summed E-state index contributed by atoms with van der Waals surface area (Å²) in [7, 11) is 0. The van der Waals surface area contributed by atoms with Crippen molar-refractivity contribution in [3.8, 4) is 0 Å². The number of nitrogens with zero attached hydrogens (tertiary/aromatic N) is 2. The highest BCUT2D eigenvalue weighted by Crippen LogP contribution is 2.17. The summed E-state index contributed by atoms with van der Waals surface area (Å²) in [4.78, 5) is 6.46. The summed E-state index contributed by atoms with van der Waals surface area (Å²) < 4.78 is 0. The van der Waals surface area contributed by atoms with E-state index >= 15 is 0 Å². The van der Waals surface area contributed by atoms with Crippen molar-refractivity contribution in [1.29, 1.82) is 0 Å². The third kappa shape index (κ3) is 5.22. The lowest BCUT2D eigenvalue weighted by molar-refractivity contribution is 0.0956. The van der Waals surface area contributed by atoms with Crippen molar-refractivity contribution in [2.45, 2.75) is 6.10 Å². The Kier molecular flexibility index (Phi) is 7.08. The zero-order valence-corrected chi connectivity index (χ0v) is 12.0. The molecule has 22 heavy (non-hydrogen) atoms. The van der Waals surface area contributed by atoms with E-state index in [1.54, 1.807) is 42.5 Å². The molecule has 2 rings (SSSR count). The fraction of sp³-hybridized carbons (Fsp3) is 0.111. The monoisotopic (exact) mass is 292 g/mol. The minimum Gasteiger partial charge on any atom is -0.393 e. The Balaban J connectivity index is 0.000000224. The van der Waals surface area contributed by atoms with E-state index in [-0.39, 0.29) is 6.61 Å². The fourth-order valence-corrected chi connectivity index (χ4v) is 1.56. The van der Waals surface area contributed by atoms with Gasteiger partial charge in [-0.25, -0.2) is 9.69 Å². The molecule has 110 valence electrons. The summed E-state index contributed by atoms with van der Waals surface area (Å²) in [5.74, 6) is 0. The number of aliphatic hydroxyl groups is 2. The van der Waals surface area contributed by atoms with E-state index in [0.29, 0.717) is 16.9 Å². The van der Waals surface area contributed by atoms with Crippen molar-refractivity contribution in [1.82, 2.24) is 0 Å². The van der Waals surface area contributed by atoms with Crippen LogP contribution in [0.5, 0.6) is 0 Å². The third-order valence-corrected chi connectivity index (χ3v) is 2.84. The Morgan fingerprint density at radius 3 is 1.77 bits per heavy atom. The average molecular weight is 292 g/mol. The van der Waals surface area contributed by atoms with Crippen molar-refractivity contribution in [3.63, 3.8) is 0 Å². The van der Waals surface area contributed by atoms with Crippen LogP contribution in [0.15, 0.2) is 55.1 Å². The van der Waals surface area contributed by atoms with Gasteiger partial charge in [-0.05, 0) is 11.1 Å². The molecule has 4 heteroatoms. The summed E-state index contributed by atoms with van der Waals surface area (Å²) in [6.07, 6.45) is 0.915. The molecular formula is C18H16N2O2. The van der Waals surface area contributed by atoms with Crippen molar-refractivity contribution in [2.24, 2.45) is 0 Å². The topological polar surface area (TPSA) is 49.2 Å². The standard InChI is InChI=1S/C9H9NO2.C9H7N/c1-10-8-4-2-7(3-5-8)9(12)6-11;1-3-8-4-6-9(10-2)7-5-8/h2-5,9,11-12H,6H2;3-7H,1H2/t9-;/m1./s1. The summed E-state index contributed by atoms with van der Waals surface area (Å²) in [6.45, 7) is 16.7. The van der Waals surface area contributed by atoms with E-state index in [2.05, 4.69) is 16.3 Å². The predicted octanol–water partition coefficient (Wildman–Crippen LogP) is 4.14. The number of hydrogen-bond acceptors (Lipinski definition) is 2. The second-order valence-corrected chi connectivity index (χ2v) is 4.31. The van der Waals surface area contributed by atoms with Crippen LogP contribution in [0, 0.1) is 13.1 Å².